The molecule has 1 aliphatic heterocycles. The van der Waals surface area contributed by atoms with Crippen molar-refractivity contribution in [1.82, 2.24) is 14.7 Å². The van der Waals surface area contributed by atoms with Crippen LogP contribution in [0.3, 0.4) is 0 Å². The number of amides is 2. The van der Waals surface area contributed by atoms with E-state index >= 15 is 0 Å². The van der Waals surface area contributed by atoms with Gasteiger partial charge in [-0.1, -0.05) is 18.2 Å². The largest absolute Gasteiger partial charge is 0.324 e. The van der Waals surface area contributed by atoms with Crippen molar-refractivity contribution in [3.05, 3.63) is 70.1 Å². The Balaban J connectivity index is 1.62. The van der Waals surface area contributed by atoms with Gasteiger partial charge in [-0.3, -0.25) is 14.4 Å². The molecule has 0 bridgehead atoms. The Morgan fingerprint density at radius 2 is 1.87 bits per heavy atom. The number of benzene rings is 2. The van der Waals surface area contributed by atoms with Crippen LogP contribution in [0.25, 0.3) is 10.8 Å². The number of rotatable bonds is 3. The summed E-state index contributed by atoms with van der Waals surface area (Å²) in [6.07, 6.45) is 0. The molecule has 1 N–H and O–H groups in total. The molecule has 1 aromatic heterocycles. The molecule has 1 saturated heterocycles. The number of hydrogen-bond donors (Lipinski definition) is 1. The molecule has 0 aliphatic carbocycles. The summed E-state index contributed by atoms with van der Waals surface area (Å²) in [5.74, 6) is 0.0969. The molecule has 150 valence electrons. The number of nitrogens with one attached hydrogen (secondary N) is 1. The highest BCUT2D eigenvalue weighted by Gasteiger charge is 2.36. The van der Waals surface area contributed by atoms with Crippen LogP contribution >= 0.6 is 11.8 Å². The molecule has 1 aliphatic rings. The van der Waals surface area contributed by atoms with Crippen molar-refractivity contribution >= 4 is 40.0 Å². The summed E-state index contributed by atoms with van der Waals surface area (Å²) in [4.78, 5) is 39.9. The number of nitrogens with zero attached hydrogens (tertiary/aromatic N) is 4. The molecule has 8 nitrogen and oxygen atoms in total. The summed E-state index contributed by atoms with van der Waals surface area (Å²) in [5, 5.41) is 16.7. The van der Waals surface area contributed by atoms with Crippen LogP contribution in [0.5, 0.6) is 0 Å². The van der Waals surface area contributed by atoms with E-state index in [9.17, 15) is 14.4 Å². The number of nitriles is 1. The van der Waals surface area contributed by atoms with Gasteiger partial charge >= 0.3 is 0 Å². The van der Waals surface area contributed by atoms with Crippen molar-refractivity contribution in [2.45, 2.75) is 6.04 Å². The number of carbonyl (C=O) groups excluding carboxylic acids is 2. The lowest BCUT2D eigenvalue weighted by atomic mass is 10.1. The second kappa shape index (κ2) is 8.00. The van der Waals surface area contributed by atoms with Gasteiger partial charge < -0.3 is 10.2 Å². The van der Waals surface area contributed by atoms with Gasteiger partial charge in [0.15, 0.2) is 5.69 Å². The van der Waals surface area contributed by atoms with E-state index in [-0.39, 0.29) is 17.2 Å². The van der Waals surface area contributed by atoms with Crippen LogP contribution in [-0.4, -0.2) is 44.2 Å². The van der Waals surface area contributed by atoms with Gasteiger partial charge in [-0.05, 0) is 30.3 Å². The average Bonchev–Trinajstić information content (AvgIpc) is 3.26. The molecule has 4 rings (SSSR count). The summed E-state index contributed by atoms with van der Waals surface area (Å²) >= 11 is 1.48. The van der Waals surface area contributed by atoms with Gasteiger partial charge in [-0.15, -0.1) is 11.8 Å². The molecule has 1 fully saturated rings. The van der Waals surface area contributed by atoms with E-state index < -0.39 is 11.9 Å². The highest BCUT2D eigenvalue weighted by molar-refractivity contribution is 7.99. The van der Waals surface area contributed by atoms with Crippen molar-refractivity contribution in [3.63, 3.8) is 0 Å². The minimum absolute atomic E-state index is 0.145. The summed E-state index contributed by atoms with van der Waals surface area (Å²) in [6.45, 7) is 0. The van der Waals surface area contributed by atoms with Crippen molar-refractivity contribution in [1.29, 1.82) is 5.26 Å². The predicted molar refractivity (Wildman–Crippen MR) is 114 cm³/mol. The monoisotopic (exact) mass is 419 g/mol. The lowest BCUT2D eigenvalue weighted by Crippen LogP contribution is -2.45. The number of aromatic nitrogens is 2. The Morgan fingerprint density at radius 1 is 1.17 bits per heavy atom. The van der Waals surface area contributed by atoms with Crippen LogP contribution in [-0.2, 0) is 11.8 Å². The first-order chi connectivity index (χ1) is 14.5. The van der Waals surface area contributed by atoms with Gasteiger partial charge in [0.25, 0.3) is 11.5 Å². The normalized spacial score (nSPS) is 15.7. The summed E-state index contributed by atoms with van der Waals surface area (Å²) < 4.78 is 1.14. The molecule has 2 aromatic carbocycles. The van der Waals surface area contributed by atoms with Crippen LogP contribution in [0, 0.1) is 11.3 Å². The first-order valence-electron chi connectivity index (χ1n) is 9.15. The number of hydrogen-bond acceptors (Lipinski definition) is 6. The van der Waals surface area contributed by atoms with Crippen LogP contribution in [0.15, 0.2) is 53.3 Å². The molecule has 9 heteroatoms. The van der Waals surface area contributed by atoms with Crippen molar-refractivity contribution in [3.8, 4) is 6.07 Å². The highest BCUT2D eigenvalue weighted by atomic mass is 32.2. The minimum atomic E-state index is -0.670. The molecule has 2 heterocycles. The van der Waals surface area contributed by atoms with Crippen LogP contribution in [0.1, 0.15) is 16.1 Å². The maximum absolute atomic E-state index is 13.3. The summed E-state index contributed by atoms with van der Waals surface area (Å²) in [5.41, 5.74) is 0.905. The number of fused-ring (bicyclic) bond motifs is 1. The van der Waals surface area contributed by atoms with E-state index in [0.717, 1.165) is 4.68 Å². The quantitative estimate of drug-likeness (QED) is 0.695. The lowest BCUT2D eigenvalue weighted by Gasteiger charge is -2.23. The molecule has 1 unspecified atom stereocenters. The maximum atomic E-state index is 13.3. The third kappa shape index (κ3) is 3.53. The lowest BCUT2D eigenvalue weighted by molar-refractivity contribution is -0.119. The second-order valence-corrected chi connectivity index (χ2v) is 7.79. The molecule has 1 atom stereocenters. The van der Waals surface area contributed by atoms with Gasteiger partial charge in [0.2, 0.25) is 5.91 Å². The summed E-state index contributed by atoms with van der Waals surface area (Å²) in [7, 11) is 1.50. The minimum Gasteiger partial charge on any atom is -0.324 e. The van der Waals surface area contributed by atoms with E-state index in [0.29, 0.717) is 33.7 Å². The number of thioether (sulfide) groups is 1. The zero-order valence-electron chi connectivity index (χ0n) is 16.0. The van der Waals surface area contributed by atoms with Crippen LogP contribution < -0.4 is 10.9 Å². The Labute approximate surface area is 176 Å². The molecule has 2 amide bonds. The van der Waals surface area contributed by atoms with E-state index in [4.69, 9.17) is 5.26 Å². The van der Waals surface area contributed by atoms with E-state index in [1.165, 1.54) is 23.7 Å². The van der Waals surface area contributed by atoms with Gasteiger partial charge in [-0.2, -0.15) is 10.4 Å². The second-order valence-electron chi connectivity index (χ2n) is 6.79. The standard InChI is InChI=1S/C21H17N5O3S/c1-25-20(28)16-5-3-2-4-15(16)18(24-25)21(29)26-12-30-11-17(26)19(27)23-14-8-6-13(10-22)7-9-14/h2-9,17H,11-12H2,1H3,(H,23,27). The first kappa shape index (κ1) is 19.7. The first-order valence-corrected chi connectivity index (χ1v) is 10.3. The Morgan fingerprint density at radius 3 is 2.57 bits per heavy atom. The smallest absolute Gasteiger partial charge is 0.276 e. The number of aryl methyl sites for hydroxylation is 1. The Bertz CT molecular complexity index is 1250. The molecular weight excluding hydrogens is 402 g/mol. The SMILES string of the molecule is Cn1nc(C(=O)N2CSCC2C(=O)Nc2ccc(C#N)cc2)c2ccccc2c1=O. The van der Waals surface area contributed by atoms with Gasteiger partial charge in [0, 0.05) is 23.9 Å². The molecule has 0 saturated carbocycles. The molecular formula is C21H17N5O3S. The number of anilines is 1. The Kier molecular flexibility index (Phi) is 5.25. The molecule has 30 heavy (non-hydrogen) atoms. The highest BCUT2D eigenvalue weighted by Crippen LogP contribution is 2.26. The van der Waals surface area contributed by atoms with Crippen molar-refractivity contribution < 1.29 is 9.59 Å². The molecule has 0 spiro atoms. The van der Waals surface area contributed by atoms with Crippen molar-refractivity contribution in [2.24, 2.45) is 7.05 Å². The zero-order valence-corrected chi connectivity index (χ0v) is 16.8. The van der Waals surface area contributed by atoms with Crippen LogP contribution in [0.4, 0.5) is 5.69 Å². The molecule has 0 radical (unpaired) electrons. The Hall–Kier alpha value is -3.64. The summed E-state index contributed by atoms with van der Waals surface area (Å²) in [6, 6.07) is 14.7. The van der Waals surface area contributed by atoms with Gasteiger partial charge in [0.05, 0.1) is 22.9 Å². The van der Waals surface area contributed by atoms with Crippen molar-refractivity contribution in [2.75, 3.05) is 16.9 Å². The zero-order chi connectivity index (χ0) is 21.3. The predicted octanol–water partition coefficient (Wildman–Crippen LogP) is 1.96. The van der Waals surface area contributed by atoms with E-state index in [1.54, 1.807) is 48.5 Å². The molecule has 3 aromatic rings. The van der Waals surface area contributed by atoms with Gasteiger partial charge in [0.1, 0.15) is 6.04 Å². The average molecular weight is 419 g/mol. The fourth-order valence-electron chi connectivity index (χ4n) is 3.31. The fourth-order valence-corrected chi connectivity index (χ4v) is 4.46. The van der Waals surface area contributed by atoms with Crippen LogP contribution in [0.2, 0.25) is 0 Å². The third-order valence-corrected chi connectivity index (χ3v) is 5.90. The third-order valence-electron chi connectivity index (χ3n) is 4.89. The maximum Gasteiger partial charge on any atom is 0.276 e. The fraction of sp³-hybridized carbons (Fsp3) is 0.190. The number of carbonyl (C=O) groups is 2. The van der Waals surface area contributed by atoms with Gasteiger partial charge in [-0.25, -0.2) is 4.68 Å². The van der Waals surface area contributed by atoms with E-state index in [1.807, 2.05) is 6.07 Å². The topological polar surface area (TPSA) is 108 Å². The van der Waals surface area contributed by atoms with E-state index in [2.05, 4.69) is 10.4 Å².